The average molecular weight is 272 g/mol. The predicted octanol–water partition coefficient (Wildman–Crippen LogP) is 3.68. The largest absolute Gasteiger partial charge is 0.354 e. The minimum absolute atomic E-state index is 0.554. The number of benzene rings is 2. The van der Waals surface area contributed by atoms with Crippen LogP contribution in [0.1, 0.15) is 0 Å². The molecule has 96 valence electrons. The molecule has 1 aromatic heterocycles. The van der Waals surface area contributed by atoms with Crippen molar-refractivity contribution in [3.63, 3.8) is 0 Å². The smallest absolute Gasteiger partial charge is 0.208 e. The molecule has 4 heteroatoms. The van der Waals surface area contributed by atoms with Crippen molar-refractivity contribution in [2.24, 2.45) is 0 Å². The third-order valence-corrected chi connectivity index (χ3v) is 3.14. The molecule has 0 bridgehead atoms. The van der Waals surface area contributed by atoms with E-state index in [4.69, 9.17) is 11.6 Å². The Morgan fingerprint density at radius 3 is 2.53 bits per heavy atom. The lowest BCUT2D eigenvalue weighted by molar-refractivity contribution is 1.05. The normalized spacial score (nSPS) is 10.8. The highest BCUT2D eigenvalue weighted by Crippen LogP contribution is 2.24. The Labute approximate surface area is 116 Å². The summed E-state index contributed by atoms with van der Waals surface area (Å²) < 4.78 is 2.11. The molecule has 3 nitrogen and oxygen atoms in total. The quantitative estimate of drug-likeness (QED) is 0.734. The highest BCUT2D eigenvalue weighted by molar-refractivity contribution is 6.18. The number of halogens is 1. The summed E-state index contributed by atoms with van der Waals surface area (Å²) in [6.45, 7) is 0.692. The van der Waals surface area contributed by atoms with E-state index in [1.54, 1.807) is 0 Å². The SMILES string of the molecule is ClCCNc1nc2ccccc2n1-c1ccccc1. The van der Waals surface area contributed by atoms with E-state index in [1.807, 2.05) is 36.4 Å². The van der Waals surface area contributed by atoms with Gasteiger partial charge in [-0.1, -0.05) is 30.3 Å². The zero-order valence-corrected chi connectivity index (χ0v) is 11.1. The Bertz CT molecular complexity index is 676. The van der Waals surface area contributed by atoms with Gasteiger partial charge in [0.1, 0.15) is 0 Å². The van der Waals surface area contributed by atoms with Gasteiger partial charge in [-0.2, -0.15) is 0 Å². The van der Waals surface area contributed by atoms with Crippen molar-refractivity contribution in [3.05, 3.63) is 54.6 Å². The number of aromatic nitrogens is 2. The lowest BCUT2D eigenvalue weighted by atomic mass is 10.3. The van der Waals surface area contributed by atoms with Crippen LogP contribution < -0.4 is 5.32 Å². The summed E-state index contributed by atoms with van der Waals surface area (Å²) in [5.74, 6) is 1.38. The molecule has 0 aliphatic heterocycles. The number of nitrogens with zero attached hydrogens (tertiary/aromatic N) is 2. The maximum absolute atomic E-state index is 5.75. The molecule has 0 unspecified atom stereocenters. The number of para-hydroxylation sites is 3. The van der Waals surface area contributed by atoms with Gasteiger partial charge in [0.25, 0.3) is 0 Å². The van der Waals surface area contributed by atoms with Gasteiger partial charge in [-0.05, 0) is 24.3 Å². The molecule has 19 heavy (non-hydrogen) atoms. The first kappa shape index (κ1) is 12.1. The average Bonchev–Trinajstić information content (AvgIpc) is 2.84. The third kappa shape index (κ3) is 2.29. The fourth-order valence-electron chi connectivity index (χ4n) is 2.14. The van der Waals surface area contributed by atoms with Gasteiger partial charge in [-0.3, -0.25) is 4.57 Å². The van der Waals surface area contributed by atoms with E-state index in [1.165, 1.54) is 0 Å². The van der Waals surface area contributed by atoms with Crippen molar-refractivity contribution in [3.8, 4) is 5.69 Å². The van der Waals surface area contributed by atoms with E-state index in [9.17, 15) is 0 Å². The predicted molar refractivity (Wildman–Crippen MR) is 80.3 cm³/mol. The molecule has 0 atom stereocenters. The van der Waals surface area contributed by atoms with Gasteiger partial charge in [0.15, 0.2) is 0 Å². The Hall–Kier alpha value is -2.00. The van der Waals surface area contributed by atoms with Crippen LogP contribution in [0.3, 0.4) is 0 Å². The van der Waals surface area contributed by atoms with Crippen LogP contribution in [-0.4, -0.2) is 22.0 Å². The van der Waals surface area contributed by atoms with Crippen molar-refractivity contribution in [2.75, 3.05) is 17.7 Å². The minimum atomic E-state index is 0.554. The molecule has 0 amide bonds. The summed E-state index contributed by atoms with van der Waals surface area (Å²) in [7, 11) is 0. The maximum atomic E-state index is 5.75. The van der Waals surface area contributed by atoms with E-state index in [-0.39, 0.29) is 0 Å². The first-order valence-electron chi connectivity index (χ1n) is 6.23. The number of hydrogen-bond donors (Lipinski definition) is 1. The summed E-state index contributed by atoms with van der Waals surface area (Å²) >= 11 is 5.75. The minimum Gasteiger partial charge on any atom is -0.354 e. The third-order valence-electron chi connectivity index (χ3n) is 2.95. The number of fused-ring (bicyclic) bond motifs is 1. The second-order valence-electron chi connectivity index (χ2n) is 4.21. The molecule has 0 aliphatic rings. The lowest BCUT2D eigenvalue weighted by Gasteiger charge is -2.09. The second kappa shape index (κ2) is 5.33. The molecule has 0 fully saturated rings. The van der Waals surface area contributed by atoms with Gasteiger partial charge in [0.05, 0.1) is 11.0 Å². The molecule has 0 saturated heterocycles. The number of nitrogens with one attached hydrogen (secondary N) is 1. The number of imidazole rings is 1. The van der Waals surface area contributed by atoms with Crippen LogP contribution in [-0.2, 0) is 0 Å². The van der Waals surface area contributed by atoms with E-state index in [0.29, 0.717) is 12.4 Å². The van der Waals surface area contributed by atoms with Gasteiger partial charge in [-0.15, -0.1) is 11.6 Å². The van der Waals surface area contributed by atoms with Crippen LogP contribution in [0.5, 0.6) is 0 Å². The molecule has 3 aromatic rings. The highest BCUT2D eigenvalue weighted by atomic mass is 35.5. The molecular formula is C15H14ClN3. The van der Waals surface area contributed by atoms with E-state index < -0.39 is 0 Å². The second-order valence-corrected chi connectivity index (χ2v) is 4.59. The number of anilines is 1. The summed E-state index contributed by atoms with van der Waals surface area (Å²) in [4.78, 5) is 4.62. The Morgan fingerprint density at radius 1 is 1.00 bits per heavy atom. The molecule has 1 heterocycles. The Balaban J connectivity index is 2.19. The number of rotatable bonds is 4. The molecule has 2 aromatic carbocycles. The van der Waals surface area contributed by atoms with Gasteiger partial charge in [-0.25, -0.2) is 4.98 Å². The lowest BCUT2D eigenvalue weighted by Crippen LogP contribution is -2.08. The van der Waals surface area contributed by atoms with Crippen LogP contribution in [0.25, 0.3) is 16.7 Å². The molecule has 3 rings (SSSR count). The zero-order valence-electron chi connectivity index (χ0n) is 10.4. The monoisotopic (exact) mass is 271 g/mol. The fraction of sp³-hybridized carbons (Fsp3) is 0.133. The van der Waals surface area contributed by atoms with Crippen molar-refractivity contribution in [1.29, 1.82) is 0 Å². The summed E-state index contributed by atoms with van der Waals surface area (Å²) in [6, 6.07) is 18.3. The summed E-state index contributed by atoms with van der Waals surface area (Å²) in [5, 5.41) is 3.27. The topological polar surface area (TPSA) is 29.9 Å². The molecule has 0 radical (unpaired) electrons. The Kier molecular flexibility index (Phi) is 3.38. The first-order valence-corrected chi connectivity index (χ1v) is 6.76. The zero-order chi connectivity index (χ0) is 13.1. The van der Waals surface area contributed by atoms with Crippen LogP contribution >= 0.6 is 11.6 Å². The van der Waals surface area contributed by atoms with Gasteiger partial charge >= 0.3 is 0 Å². The van der Waals surface area contributed by atoms with Gasteiger partial charge in [0.2, 0.25) is 5.95 Å². The van der Waals surface area contributed by atoms with Gasteiger partial charge in [0, 0.05) is 18.1 Å². The number of alkyl halides is 1. The van der Waals surface area contributed by atoms with Crippen LogP contribution in [0.2, 0.25) is 0 Å². The summed E-state index contributed by atoms with van der Waals surface area (Å²) in [6.07, 6.45) is 0. The Morgan fingerprint density at radius 2 is 1.74 bits per heavy atom. The highest BCUT2D eigenvalue weighted by Gasteiger charge is 2.10. The van der Waals surface area contributed by atoms with Crippen LogP contribution in [0.4, 0.5) is 5.95 Å². The van der Waals surface area contributed by atoms with Crippen LogP contribution in [0, 0.1) is 0 Å². The van der Waals surface area contributed by atoms with E-state index in [2.05, 4.69) is 33.1 Å². The standard InChI is InChI=1S/C15H14ClN3/c16-10-11-17-15-18-13-8-4-5-9-14(13)19(15)12-6-2-1-3-7-12/h1-9H,10-11H2,(H,17,18). The van der Waals surface area contributed by atoms with Crippen molar-refractivity contribution >= 4 is 28.6 Å². The molecular weight excluding hydrogens is 258 g/mol. The fourth-order valence-corrected chi connectivity index (χ4v) is 2.24. The van der Waals surface area contributed by atoms with E-state index >= 15 is 0 Å². The molecule has 1 N–H and O–H groups in total. The van der Waals surface area contributed by atoms with Crippen LogP contribution in [0.15, 0.2) is 54.6 Å². The molecule has 0 spiro atoms. The van der Waals surface area contributed by atoms with Gasteiger partial charge < -0.3 is 5.32 Å². The van der Waals surface area contributed by atoms with E-state index in [0.717, 1.165) is 22.7 Å². The first-order chi connectivity index (χ1) is 9.40. The van der Waals surface area contributed by atoms with Crippen molar-refractivity contribution in [1.82, 2.24) is 9.55 Å². The van der Waals surface area contributed by atoms with Crippen molar-refractivity contribution in [2.45, 2.75) is 0 Å². The summed E-state index contributed by atoms with van der Waals surface area (Å²) in [5.41, 5.74) is 3.16. The maximum Gasteiger partial charge on any atom is 0.208 e. The van der Waals surface area contributed by atoms with Crippen molar-refractivity contribution < 1.29 is 0 Å². The number of hydrogen-bond acceptors (Lipinski definition) is 2. The molecule has 0 aliphatic carbocycles. The molecule has 0 saturated carbocycles.